The van der Waals surface area contributed by atoms with Crippen molar-refractivity contribution in [3.8, 4) is 16.9 Å². The summed E-state index contributed by atoms with van der Waals surface area (Å²) in [7, 11) is 0. The predicted molar refractivity (Wildman–Crippen MR) is 151 cm³/mol. The largest absolute Gasteiger partial charge is 0.370 e. The van der Waals surface area contributed by atoms with Crippen molar-refractivity contribution in [2.75, 3.05) is 13.1 Å². The van der Waals surface area contributed by atoms with Crippen LogP contribution < -0.4 is 28.2 Å². The van der Waals surface area contributed by atoms with E-state index in [1.165, 1.54) is 4.57 Å². The van der Waals surface area contributed by atoms with E-state index in [-0.39, 0.29) is 17.0 Å². The Labute approximate surface area is 224 Å². The van der Waals surface area contributed by atoms with Gasteiger partial charge in [0, 0.05) is 36.3 Å². The molecule has 2 aromatic heterocycles. The molecule has 1 atom stereocenters. The van der Waals surface area contributed by atoms with E-state index in [4.69, 9.17) is 28.8 Å². The summed E-state index contributed by atoms with van der Waals surface area (Å²) < 4.78 is 16.4. The van der Waals surface area contributed by atoms with Crippen LogP contribution in [0.15, 0.2) is 58.4 Å². The average molecular weight is 539 g/mol. The van der Waals surface area contributed by atoms with Crippen LogP contribution in [0.1, 0.15) is 30.9 Å². The molecule has 0 spiro atoms. The van der Waals surface area contributed by atoms with Crippen LogP contribution in [0.25, 0.3) is 28.0 Å². The Morgan fingerprint density at radius 2 is 1.97 bits per heavy atom. The number of nitrogens with one attached hydrogen (secondary N) is 2. The van der Waals surface area contributed by atoms with E-state index in [0.717, 1.165) is 30.5 Å². The Balaban J connectivity index is 1.52. The molecule has 2 heterocycles. The van der Waals surface area contributed by atoms with Crippen LogP contribution in [0.4, 0.5) is 4.39 Å². The highest BCUT2D eigenvalue weighted by Crippen LogP contribution is 2.31. The van der Waals surface area contributed by atoms with E-state index >= 15 is 0 Å². The van der Waals surface area contributed by atoms with Crippen LogP contribution in [0.2, 0.25) is 5.02 Å². The topological polar surface area (TPSA) is 153 Å². The molecule has 0 unspecified atom stereocenters. The first-order valence-corrected chi connectivity index (χ1v) is 12.8. The molecule has 0 saturated heterocycles. The fourth-order valence-electron chi connectivity index (χ4n) is 4.12. The molecule has 4 rings (SSSR count). The summed E-state index contributed by atoms with van der Waals surface area (Å²) in [6, 6.07) is 12.8. The lowest BCUT2D eigenvalue weighted by Gasteiger charge is -2.09. The van der Waals surface area contributed by atoms with Crippen LogP contribution in [-0.2, 0) is 13.0 Å². The lowest BCUT2D eigenvalue weighted by atomic mass is 10.0. The number of rotatable bonds is 11. The maximum Gasteiger partial charge on any atom is 0.354 e. The van der Waals surface area contributed by atoms with Crippen LogP contribution in [0, 0.1) is 5.82 Å². The molecule has 11 heteroatoms. The third-order valence-corrected chi connectivity index (χ3v) is 6.40. The number of aryl methyl sites for hydroxylation is 1. The zero-order valence-corrected chi connectivity index (χ0v) is 21.9. The van der Waals surface area contributed by atoms with Crippen molar-refractivity contribution in [3.05, 3.63) is 81.1 Å². The Morgan fingerprint density at radius 3 is 2.68 bits per heavy atom. The summed E-state index contributed by atoms with van der Waals surface area (Å²) in [4.78, 5) is 24.0. The first kappa shape index (κ1) is 27.3. The van der Waals surface area contributed by atoms with E-state index in [2.05, 4.69) is 20.3 Å². The van der Waals surface area contributed by atoms with Crippen molar-refractivity contribution in [1.29, 1.82) is 0 Å². The fourth-order valence-corrected chi connectivity index (χ4v) is 4.37. The smallest absolute Gasteiger partial charge is 0.354 e. The van der Waals surface area contributed by atoms with E-state index < -0.39 is 11.5 Å². The number of aliphatic imine (C=N–C) groups is 1. The quantitative estimate of drug-likeness (QED) is 0.112. The second-order valence-corrected chi connectivity index (χ2v) is 9.75. The van der Waals surface area contributed by atoms with Gasteiger partial charge in [-0.3, -0.25) is 9.56 Å². The molecular weight excluding hydrogens is 507 g/mol. The number of guanidine groups is 1. The second kappa shape index (κ2) is 12.2. The number of H-pyrrole nitrogens is 1. The van der Waals surface area contributed by atoms with Gasteiger partial charge in [-0.05, 0) is 74.2 Å². The first-order valence-electron chi connectivity index (χ1n) is 12.4. The monoisotopic (exact) mass is 538 g/mol. The van der Waals surface area contributed by atoms with E-state index in [9.17, 15) is 9.18 Å². The van der Waals surface area contributed by atoms with Crippen molar-refractivity contribution < 1.29 is 4.39 Å². The third kappa shape index (κ3) is 6.77. The number of hydrogen-bond acceptors (Lipinski definition) is 5. The molecule has 0 fully saturated rings. The zero-order chi connectivity index (χ0) is 27.2. The number of nitrogens with zero attached hydrogens (tertiary/aromatic N) is 3. The van der Waals surface area contributed by atoms with Crippen LogP contribution in [0.5, 0.6) is 0 Å². The maximum absolute atomic E-state index is 15.0. The van der Waals surface area contributed by atoms with Gasteiger partial charge in [0.1, 0.15) is 5.65 Å². The Morgan fingerprint density at radius 1 is 1.21 bits per heavy atom. The fraction of sp³-hybridized carbons (Fsp3) is 0.296. The minimum Gasteiger partial charge on any atom is -0.370 e. The van der Waals surface area contributed by atoms with Gasteiger partial charge in [0.2, 0.25) is 0 Å². The van der Waals surface area contributed by atoms with Gasteiger partial charge >= 0.3 is 5.69 Å². The van der Waals surface area contributed by atoms with Gasteiger partial charge in [-0.1, -0.05) is 23.7 Å². The van der Waals surface area contributed by atoms with Gasteiger partial charge in [0.05, 0.1) is 16.4 Å². The van der Waals surface area contributed by atoms with E-state index in [0.29, 0.717) is 47.5 Å². The van der Waals surface area contributed by atoms with Gasteiger partial charge < -0.3 is 27.5 Å². The number of nitrogens with two attached hydrogens (primary N) is 3. The Bertz CT molecular complexity index is 1490. The van der Waals surface area contributed by atoms with Crippen LogP contribution in [-0.4, -0.2) is 39.6 Å². The summed E-state index contributed by atoms with van der Waals surface area (Å²) in [6.07, 6.45) is 3.95. The molecule has 4 aromatic rings. The van der Waals surface area contributed by atoms with Crippen molar-refractivity contribution in [2.24, 2.45) is 22.2 Å². The highest BCUT2D eigenvalue weighted by atomic mass is 35.5. The van der Waals surface area contributed by atoms with Crippen molar-refractivity contribution in [2.45, 2.75) is 38.8 Å². The molecule has 0 radical (unpaired) electrons. The number of fused-ring (bicyclic) bond motifs is 1. The minimum atomic E-state index is -0.529. The Hall–Kier alpha value is -3.73. The number of aromatic nitrogens is 3. The van der Waals surface area contributed by atoms with Gasteiger partial charge in [-0.2, -0.15) is 4.98 Å². The second-order valence-electron chi connectivity index (χ2n) is 9.34. The number of benzene rings is 2. The number of aromatic amines is 1. The van der Waals surface area contributed by atoms with Gasteiger partial charge in [0.25, 0.3) is 0 Å². The molecule has 2 aromatic carbocycles. The molecule has 0 amide bonds. The van der Waals surface area contributed by atoms with Gasteiger partial charge in [0.15, 0.2) is 11.8 Å². The summed E-state index contributed by atoms with van der Waals surface area (Å²) >= 11 is 6.18. The molecule has 8 N–H and O–H groups in total. The standard InChI is InChI=1S/C27H32ClFN8O/c1-16(30)3-4-18-11-21(24(29)22(28)12-18)23-13-19-15-37(27(38)36-25(19)35-23)20-7-5-17(6-8-20)14-33-9-2-10-34-26(31)32/h5-8,11-13,15-16,33H,2-4,9-10,14,30H2,1H3,(H4,31,32,34)(H,35,36,38)/t16-/m1/s1. The summed E-state index contributed by atoms with van der Waals surface area (Å²) in [5.74, 6) is -0.434. The number of halogens is 2. The van der Waals surface area contributed by atoms with Gasteiger partial charge in [-0.25, -0.2) is 9.18 Å². The minimum absolute atomic E-state index is 0.0257. The molecule has 9 nitrogen and oxygen atoms in total. The Kier molecular flexibility index (Phi) is 8.77. The molecule has 0 aliphatic rings. The molecule has 0 bridgehead atoms. The number of hydrogen-bond donors (Lipinski definition) is 5. The lowest BCUT2D eigenvalue weighted by Crippen LogP contribution is -2.23. The zero-order valence-electron chi connectivity index (χ0n) is 21.2. The van der Waals surface area contributed by atoms with E-state index in [1.807, 2.05) is 31.2 Å². The molecule has 38 heavy (non-hydrogen) atoms. The van der Waals surface area contributed by atoms with Crippen molar-refractivity contribution >= 4 is 28.6 Å². The van der Waals surface area contributed by atoms with Crippen molar-refractivity contribution in [1.82, 2.24) is 19.9 Å². The summed E-state index contributed by atoms with van der Waals surface area (Å²) in [6.45, 7) is 3.95. The molecule has 0 aliphatic heterocycles. The van der Waals surface area contributed by atoms with Crippen molar-refractivity contribution in [3.63, 3.8) is 0 Å². The van der Waals surface area contributed by atoms with E-state index in [1.54, 1.807) is 24.4 Å². The molecular formula is C27H32ClFN8O. The average Bonchev–Trinajstić information content (AvgIpc) is 3.29. The normalized spacial score (nSPS) is 12.1. The third-order valence-electron chi connectivity index (χ3n) is 6.12. The highest BCUT2D eigenvalue weighted by molar-refractivity contribution is 6.31. The maximum atomic E-state index is 15.0. The summed E-state index contributed by atoms with van der Waals surface area (Å²) in [5, 5.41) is 4.04. The molecule has 0 aliphatic carbocycles. The highest BCUT2D eigenvalue weighted by Gasteiger charge is 2.15. The van der Waals surface area contributed by atoms with Gasteiger partial charge in [-0.15, -0.1) is 0 Å². The van der Waals surface area contributed by atoms with Crippen LogP contribution >= 0.6 is 11.6 Å². The molecule has 0 saturated carbocycles. The first-order chi connectivity index (χ1) is 18.2. The SMILES string of the molecule is C[C@@H](N)CCc1cc(Cl)c(F)c(-c2cc3cn(-c4ccc(CNCCCN=C(N)N)cc4)c(=O)nc3[nH]2)c1. The van der Waals surface area contributed by atoms with Crippen LogP contribution in [0.3, 0.4) is 0 Å². The summed E-state index contributed by atoms with van der Waals surface area (Å²) in [5.41, 5.74) is 19.9. The molecule has 200 valence electrons. The predicted octanol–water partition coefficient (Wildman–Crippen LogP) is 3.21. The lowest BCUT2D eigenvalue weighted by molar-refractivity contribution is 0.628.